The number of carbonyl (C=O) groups is 1. The van der Waals surface area contributed by atoms with Gasteiger partial charge < -0.3 is 5.32 Å². The molecule has 1 atom stereocenters. The summed E-state index contributed by atoms with van der Waals surface area (Å²) in [4.78, 5) is 16.0. The van der Waals surface area contributed by atoms with Crippen LogP contribution in [0.3, 0.4) is 0 Å². The van der Waals surface area contributed by atoms with Crippen LogP contribution in [0.25, 0.3) is 0 Å². The smallest absolute Gasteiger partial charge is 0.244 e. The molecule has 6 heteroatoms. The molecule has 0 spiro atoms. The number of amides is 1. The Labute approximate surface area is 103 Å². The third kappa shape index (κ3) is 2.91. The molecule has 0 aliphatic carbocycles. The molecular weight excluding hydrogens is 236 g/mol. The van der Waals surface area contributed by atoms with Crippen LogP contribution in [0.5, 0.6) is 0 Å². The Balaban J connectivity index is 1.91. The molecule has 0 aliphatic rings. The van der Waals surface area contributed by atoms with Crippen molar-refractivity contribution >= 4 is 17.2 Å². The number of hydrogen-bond donors (Lipinski definition) is 1. The minimum absolute atomic E-state index is 0.0545. The number of carbonyl (C=O) groups excluding carboxylic acids is 1. The van der Waals surface area contributed by atoms with Gasteiger partial charge in [-0.25, -0.2) is 4.98 Å². The topological polar surface area (TPSA) is 59.8 Å². The molecule has 17 heavy (non-hydrogen) atoms. The SMILES string of the molecule is Cc1cnn([C@H](C)C(=O)NCc2cscn2)c1. The van der Waals surface area contributed by atoms with Gasteiger partial charge in [-0.2, -0.15) is 5.10 Å². The first-order valence-electron chi connectivity index (χ1n) is 5.32. The van der Waals surface area contributed by atoms with Crippen LogP contribution in [0.4, 0.5) is 0 Å². The van der Waals surface area contributed by atoms with E-state index in [1.165, 1.54) is 11.3 Å². The highest BCUT2D eigenvalue weighted by Gasteiger charge is 2.15. The summed E-state index contributed by atoms with van der Waals surface area (Å²) >= 11 is 1.52. The molecule has 2 aromatic heterocycles. The summed E-state index contributed by atoms with van der Waals surface area (Å²) < 4.78 is 1.66. The number of hydrogen-bond acceptors (Lipinski definition) is 4. The maximum Gasteiger partial charge on any atom is 0.244 e. The predicted molar refractivity (Wildman–Crippen MR) is 65.6 cm³/mol. The molecule has 0 saturated carbocycles. The van der Waals surface area contributed by atoms with Crippen LogP contribution in [-0.2, 0) is 11.3 Å². The molecule has 0 aliphatic heterocycles. The van der Waals surface area contributed by atoms with Gasteiger partial charge in [0.15, 0.2) is 0 Å². The van der Waals surface area contributed by atoms with E-state index >= 15 is 0 Å². The van der Waals surface area contributed by atoms with Crippen molar-refractivity contribution in [2.75, 3.05) is 0 Å². The van der Waals surface area contributed by atoms with Gasteiger partial charge in [0.1, 0.15) is 6.04 Å². The number of nitrogens with zero attached hydrogens (tertiary/aromatic N) is 3. The quantitative estimate of drug-likeness (QED) is 0.895. The summed E-state index contributed by atoms with van der Waals surface area (Å²) in [5, 5.41) is 8.88. The zero-order chi connectivity index (χ0) is 12.3. The monoisotopic (exact) mass is 250 g/mol. The number of rotatable bonds is 4. The van der Waals surface area contributed by atoms with E-state index in [1.54, 1.807) is 16.4 Å². The molecular formula is C11H14N4OS. The number of thiazole rings is 1. The molecule has 1 N–H and O–H groups in total. The van der Waals surface area contributed by atoms with Crippen molar-refractivity contribution in [3.63, 3.8) is 0 Å². The summed E-state index contributed by atoms with van der Waals surface area (Å²) in [6.07, 6.45) is 3.59. The zero-order valence-electron chi connectivity index (χ0n) is 9.75. The van der Waals surface area contributed by atoms with Crippen molar-refractivity contribution in [2.24, 2.45) is 0 Å². The molecule has 0 bridgehead atoms. The highest BCUT2D eigenvalue weighted by Crippen LogP contribution is 2.07. The second-order valence-corrected chi connectivity index (χ2v) is 4.59. The first kappa shape index (κ1) is 11.8. The van der Waals surface area contributed by atoms with E-state index in [4.69, 9.17) is 0 Å². The fourth-order valence-corrected chi connectivity index (χ4v) is 1.97. The molecule has 2 rings (SSSR count). The summed E-state index contributed by atoms with van der Waals surface area (Å²) in [5.41, 5.74) is 3.68. The van der Waals surface area contributed by atoms with Gasteiger partial charge in [-0.05, 0) is 19.4 Å². The lowest BCUT2D eigenvalue weighted by Crippen LogP contribution is -2.30. The van der Waals surface area contributed by atoms with E-state index in [0.29, 0.717) is 6.54 Å². The lowest BCUT2D eigenvalue weighted by Gasteiger charge is -2.11. The van der Waals surface area contributed by atoms with E-state index in [9.17, 15) is 4.79 Å². The molecule has 0 fully saturated rings. The molecule has 0 saturated heterocycles. The van der Waals surface area contributed by atoms with Crippen LogP contribution in [0, 0.1) is 6.92 Å². The summed E-state index contributed by atoms with van der Waals surface area (Å²) in [6.45, 7) is 4.24. The van der Waals surface area contributed by atoms with Gasteiger partial charge in [-0.15, -0.1) is 11.3 Å². The van der Waals surface area contributed by atoms with Crippen LogP contribution in [0.2, 0.25) is 0 Å². The largest absolute Gasteiger partial charge is 0.349 e. The molecule has 2 heterocycles. The standard InChI is InChI=1S/C11H14N4OS/c1-8-3-14-15(5-8)9(2)11(16)12-4-10-6-17-7-13-10/h3,5-7,9H,4H2,1-2H3,(H,12,16)/t9-/m1/s1. The fourth-order valence-electron chi connectivity index (χ4n) is 1.42. The van der Waals surface area contributed by atoms with Gasteiger partial charge in [0.25, 0.3) is 0 Å². The van der Waals surface area contributed by atoms with Crippen LogP contribution in [0.1, 0.15) is 24.2 Å². The molecule has 2 aromatic rings. The Morgan fingerprint density at radius 2 is 2.47 bits per heavy atom. The van der Waals surface area contributed by atoms with Gasteiger partial charge >= 0.3 is 0 Å². The van der Waals surface area contributed by atoms with Crippen molar-refractivity contribution < 1.29 is 4.79 Å². The van der Waals surface area contributed by atoms with E-state index in [1.807, 2.05) is 25.4 Å². The second-order valence-electron chi connectivity index (χ2n) is 3.87. The minimum Gasteiger partial charge on any atom is -0.349 e. The van der Waals surface area contributed by atoms with Gasteiger partial charge in [-0.1, -0.05) is 0 Å². The minimum atomic E-state index is -0.303. The van der Waals surface area contributed by atoms with Gasteiger partial charge in [0.05, 0.1) is 23.9 Å². The molecule has 0 unspecified atom stereocenters. The summed E-state index contributed by atoms with van der Waals surface area (Å²) in [7, 11) is 0. The van der Waals surface area contributed by atoms with Crippen molar-refractivity contribution in [3.05, 3.63) is 34.5 Å². The van der Waals surface area contributed by atoms with Crippen LogP contribution in [0.15, 0.2) is 23.3 Å². The average Bonchev–Trinajstić information content (AvgIpc) is 2.95. The second kappa shape index (κ2) is 5.09. The van der Waals surface area contributed by atoms with Crippen molar-refractivity contribution in [3.8, 4) is 0 Å². The van der Waals surface area contributed by atoms with Gasteiger partial charge in [0.2, 0.25) is 5.91 Å². The highest BCUT2D eigenvalue weighted by molar-refractivity contribution is 7.07. The lowest BCUT2D eigenvalue weighted by atomic mass is 10.3. The Morgan fingerprint density at radius 3 is 3.06 bits per heavy atom. The highest BCUT2D eigenvalue weighted by atomic mass is 32.1. The molecule has 1 amide bonds. The maximum atomic E-state index is 11.9. The van der Waals surface area contributed by atoms with Crippen LogP contribution in [-0.4, -0.2) is 20.7 Å². The Hall–Kier alpha value is -1.69. The van der Waals surface area contributed by atoms with Crippen LogP contribution < -0.4 is 5.32 Å². The van der Waals surface area contributed by atoms with Gasteiger partial charge in [-0.3, -0.25) is 9.48 Å². The summed E-state index contributed by atoms with van der Waals surface area (Å²) in [5.74, 6) is -0.0545. The third-order valence-electron chi connectivity index (χ3n) is 2.43. The predicted octanol–water partition coefficient (Wildman–Crippen LogP) is 1.53. The molecule has 0 aromatic carbocycles. The Kier molecular flexibility index (Phi) is 3.53. The van der Waals surface area contributed by atoms with Crippen molar-refractivity contribution in [2.45, 2.75) is 26.4 Å². The maximum absolute atomic E-state index is 11.9. The van der Waals surface area contributed by atoms with Crippen molar-refractivity contribution in [1.82, 2.24) is 20.1 Å². The zero-order valence-corrected chi connectivity index (χ0v) is 10.6. The van der Waals surface area contributed by atoms with E-state index < -0.39 is 0 Å². The van der Waals surface area contributed by atoms with E-state index in [-0.39, 0.29) is 11.9 Å². The Morgan fingerprint density at radius 1 is 1.65 bits per heavy atom. The first-order chi connectivity index (χ1) is 8.16. The number of aryl methyl sites for hydroxylation is 1. The fraction of sp³-hybridized carbons (Fsp3) is 0.364. The Bertz CT molecular complexity index is 491. The molecule has 5 nitrogen and oxygen atoms in total. The average molecular weight is 250 g/mol. The lowest BCUT2D eigenvalue weighted by molar-refractivity contribution is -0.124. The summed E-state index contributed by atoms with van der Waals surface area (Å²) in [6, 6.07) is -0.303. The first-order valence-corrected chi connectivity index (χ1v) is 6.26. The van der Waals surface area contributed by atoms with Crippen molar-refractivity contribution in [1.29, 1.82) is 0 Å². The molecule has 0 radical (unpaired) electrons. The van der Waals surface area contributed by atoms with E-state index in [2.05, 4.69) is 15.4 Å². The normalized spacial score (nSPS) is 12.4. The molecule has 90 valence electrons. The van der Waals surface area contributed by atoms with E-state index in [0.717, 1.165) is 11.3 Å². The number of aromatic nitrogens is 3. The third-order valence-corrected chi connectivity index (χ3v) is 3.07. The number of nitrogens with one attached hydrogen (secondary N) is 1. The van der Waals surface area contributed by atoms with Crippen LogP contribution >= 0.6 is 11.3 Å². The van der Waals surface area contributed by atoms with Gasteiger partial charge in [0, 0.05) is 11.6 Å².